The van der Waals surface area contributed by atoms with Gasteiger partial charge in [0.2, 0.25) is 11.9 Å². The van der Waals surface area contributed by atoms with Crippen LogP contribution in [0.1, 0.15) is 35.7 Å². The number of carbonyl (C=O) groups is 1. The molecule has 0 radical (unpaired) electrons. The van der Waals surface area contributed by atoms with E-state index >= 15 is 0 Å². The Morgan fingerprint density at radius 3 is 2.43 bits per heavy atom. The monoisotopic (exact) mass is 339 g/mol. The lowest BCUT2D eigenvalue weighted by Crippen LogP contribution is -2.12. The van der Waals surface area contributed by atoms with Gasteiger partial charge in [0.05, 0.1) is 5.69 Å². The molecule has 2 aromatic heterocycles. The van der Waals surface area contributed by atoms with Crippen molar-refractivity contribution < 1.29 is 9.53 Å². The quantitative estimate of drug-likeness (QED) is 0.776. The molecule has 0 bridgehead atoms. The SMILES string of the molecule is Cc1nn(CC(C)C)c(Cl)c1C(=O)OCc1nc(N)nc(N)n1. The zero-order valence-corrected chi connectivity index (χ0v) is 13.8. The van der Waals surface area contributed by atoms with Crippen LogP contribution in [0.3, 0.4) is 0 Å². The number of nitrogens with two attached hydrogens (primary N) is 2. The molecule has 23 heavy (non-hydrogen) atoms. The van der Waals surface area contributed by atoms with Crippen LogP contribution in [0.15, 0.2) is 0 Å². The average Bonchev–Trinajstić information content (AvgIpc) is 2.69. The first-order chi connectivity index (χ1) is 10.8. The molecule has 0 atom stereocenters. The van der Waals surface area contributed by atoms with Crippen molar-refractivity contribution in [3.63, 3.8) is 0 Å². The highest BCUT2D eigenvalue weighted by atomic mass is 35.5. The van der Waals surface area contributed by atoms with Crippen molar-refractivity contribution >= 4 is 29.5 Å². The van der Waals surface area contributed by atoms with Crippen LogP contribution in [0.2, 0.25) is 5.15 Å². The van der Waals surface area contributed by atoms with Crippen molar-refractivity contribution in [2.24, 2.45) is 5.92 Å². The molecule has 10 heteroatoms. The van der Waals surface area contributed by atoms with Crippen molar-refractivity contribution in [1.29, 1.82) is 0 Å². The van der Waals surface area contributed by atoms with E-state index in [0.717, 1.165) is 0 Å². The average molecular weight is 340 g/mol. The summed E-state index contributed by atoms with van der Waals surface area (Å²) in [5, 5.41) is 4.50. The molecule has 9 nitrogen and oxygen atoms in total. The molecule has 0 spiro atoms. The Morgan fingerprint density at radius 2 is 1.87 bits per heavy atom. The maximum Gasteiger partial charge on any atom is 0.343 e. The van der Waals surface area contributed by atoms with Crippen molar-refractivity contribution in [2.45, 2.75) is 33.9 Å². The summed E-state index contributed by atoms with van der Waals surface area (Å²) < 4.78 is 6.74. The Hall–Kier alpha value is -2.42. The number of nitrogens with zero attached hydrogens (tertiary/aromatic N) is 5. The number of aromatic nitrogens is 5. The number of anilines is 2. The van der Waals surface area contributed by atoms with Crippen molar-refractivity contribution in [2.75, 3.05) is 11.5 Å². The minimum absolute atomic E-state index is 0.0393. The number of rotatable bonds is 5. The molecule has 2 aromatic rings. The fraction of sp³-hybridized carbons (Fsp3) is 0.462. The van der Waals surface area contributed by atoms with Crippen LogP contribution in [0.4, 0.5) is 11.9 Å². The van der Waals surface area contributed by atoms with E-state index in [-0.39, 0.29) is 35.0 Å². The Bertz CT molecular complexity index is 709. The first-order valence-electron chi connectivity index (χ1n) is 6.93. The van der Waals surface area contributed by atoms with Gasteiger partial charge in [-0.2, -0.15) is 20.1 Å². The predicted octanol–water partition coefficient (Wildman–Crippen LogP) is 1.21. The second-order valence-corrected chi connectivity index (χ2v) is 5.73. The Labute approximate surface area is 138 Å². The van der Waals surface area contributed by atoms with Crippen LogP contribution in [0, 0.1) is 12.8 Å². The fourth-order valence-corrected chi connectivity index (χ4v) is 2.30. The third kappa shape index (κ3) is 4.07. The first kappa shape index (κ1) is 16.9. The number of halogens is 1. The van der Waals surface area contributed by atoms with E-state index in [4.69, 9.17) is 27.8 Å². The molecule has 0 saturated heterocycles. The van der Waals surface area contributed by atoms with Crippen LogP contribution >= 0.6 is 11.6 Å². The maximum atomic E-state index is 12.2. The molecule has 0 aliphatic heterocycles. The molecule has 0 fully saturated rings. The molecule has 2 rings (SSSR count). The molecule has 0 aliphatic rings. The maximum absolute atomic E-state index is 12.2. The zero-order chi connectivity index (χ0) is 17.1. The van der Waals surface area contributed by atoms with Gasteiger partial charge in [-0.3, -0.25) is 4.68 Å². The molecule has 2 heterocycles. The molecule has 0 saturated carbocycles. The van der Waals surface area contributed by atoms with Crippen LogP contribution in [-0.2, 0) is 17.9 Å². The molecule has 124 valence electrons. The lowest BCUT2D eigenvalue weighted by molar-refractivity contribution is 0.0461. The number of aryl methyl sites for hydroxylation is 1. The third-order valence-corrected chi connectivity index (χ3v) is 3.24. The van der Waals surface area contributed by atoms with Gasteiger partial charge in [0.1, 0.15) is 10.7 Å². The second kappa shape index (κ2) is 6.78. The Morgan fingerprint density at radius 1 is 1.26 bits per heavy atom. The van der Waals surface area contributed by atoms with E-state index in [9.17, 15) is 4.79 Å². The highest BCUT2D eigenvalue weighted by Crippen LogP contribution is 2.22. The number of nitrogen functional groups attached to an aromatic ring is 2. The van der Waals surface area contributed by atoms with Gasteiger partial charge in [0, 0.05) is 6.54 Å². The molecule has 0 amide bonds. The Balaban J connectivity index is 2.13. The summed E-state index contributed by atoms with van der Waals surface area (Å²) in [5.74, 6) is -0.191. The van der Waals surface area contributed by atoms with Gasteiger partial charge >= 0.3 is 5.97 Å². The third-order valence-electron chi connectivity index (χ3n) is 2.86. The van der Waals surface area contributed by atoms with E-state index in [0.29, 0.717) is 18.2 Å². The van der Waals surface area contributed by atoms with Gasteiger partial charge in [-0.15, -0.1) is 0 Å². The smallest absolute Gasteiger partial charge is 0.343 e. The number of hydrogen-bond acceptors (Lipinski definition) is 8. The van der Waals surface area contributed by atoms with Crippen molar-refractivity contribution in [1.82, 2.24) is 24.7 Å². The predicted molar refractivity (Wildman–Crippen MR) is 84.6 cm³/mol. The topological polar surface area (TPSA) is 135 Å². The van der Waals surface area contributed by atoms with E-state index in [1.807, 2.05) is 13.8 Å². The van der Waals surface area contributed by atoms with Crippen molar-refractivity contribution in [3.8, 4) is 0 Å². The van der Waals surface area contributed by atoms with Gasteiger partial charge < -0.3 is 16.2 Å². The normalized spacial score (nSPS) is 11.0. The highest BCUT2D eigenvalue weighted by molar-refractivity contribution is 6.32. The van der Waals surface area contributed by atoms with Gasteiger partial charge in [0.15, 0.2) is 12.4 Å². The number of hydrogen-bond donors (Lipinski definition) is 2. The molecular weight excluding hydrogens is 322 g/mol. The lowest BCUT2D eigenvalue weighted by Gasteiger charge is -2.07. The largest absolute Gasteiger partial charge is 0.454 e. The van der Waals surface area contributed by atoms with Crippen LogP contribution in [0.5, 0.6) is 0 Å². The van der Waals surface area contributed by atoms with Gasteiger partial charge in [-0.1, -0.05) is 25.4 Å². The Kier molecular flexibility index (Phi) is 4.99. The fourth-order valence-electron chi connectivity index (χ4n) is 1.98. The number of esters is 1. The minimum atomic E-state index is -0.611. The molecule has 0 aromatic carbocycles. The highest BCUT2D eigenvalue weighted by Gasteiger charge is 2.22. The number of carbonyl (C=O) groups excluding carboxylic acids is 1. The molecular formula is C13H18ClN7O2. The summed E-state index contributed by atoms with van der Waals surface area (Å²) in [6.45, 7) is 6.16. The molecule has 0 unspecified atom stereocenters. The first-order valence-corrected chi connectivity index (χ1v) is 7.31. The minimum Gasteiger partial charge on any atom is -0.454 e. The van der Waals surface area contributed by atoms with Crippen molar-refractivity contribution in [3.05, 3.63) is 22.2 Å². The standard InChI is InChI=1S/C13H18ClN7O2/c1-6(2)4-21-10(14)9(7(3)20-21)11(22)23-5-8-17-12(15)19-13(16)18-8/h6H,4-5H2,1-3H3,(H4,15,16,17,18,19). The van der Waals surface area contributed by atoms with E-state index < -0.39 is 5.97 Å². The summed E-state index contributed by atoms with van der Waals surface area (Å²) in [6.07, 6.45) is 0. The van der Waals surface area contributed by atoms with E-state index in [2.05, 4.69) is 20.1 Å². The van der Waals surface area contributed by atoms with Crippen LogP contribution in [-0.4, -0.2) is 30.7 Å². The van der Waals surface area contributed by atoms with E-state index in [1.54, 1.807) is 11.6 Å². The number of ether oxygens (including phenoxy) is 1. The van der Waals surface area contributed by atoms with Crippen LogP contribution < -0.4 is 11.5 Å². The van der Waals surface area contributed by atoms with Gasteiger partial charge in [0.25, 0.3) is 0 Å². The summed E-state index contributed by atoms with van der Waals surface area (Å²) in [4.78, 5) is 23.5. The van der Waals surface area contributed by atoms with Gasteiger partial charge in [-0.05, 0) is 12.8 Å². The summed E-state index contributed by atoms with van der Waals surface area (Å²) in [5.41, 5.74) is 11.6. The van der Waals surface area contributed by atoms with Crippen LogP contribution in [0.25, 0.3) is 0 Å². The molecule has 4 N–H and O–H groups in total. The summed E-state index contributed by atoms with van der Waals surface area (Å²) in [7, 11) is 0. The van der Waals surface area contributed by atoms with Gasteiger partial charge in [-0.25, -0.2) is 4.79 Å². The lowest BCUT2D eigenvalue weighted by atomic mass is 10.2. The zero-order valence-electron chi connectivity index (χ0n) is 13.1. The summed E-state index contributed by atoms with van der Waals surface area (Å²) >= 11 is 6.22. The molecule has 0 aliphatic carbocycles. The second-order valence-electron chi connectivity index (χ2n) is 5.37. The summed E-state index contributed by atoms with van der Waals surface area (Å²) in [6, 6.07) is 0. The van der Waals surface area contributed by atoms with E-state index in [1.165, 1.54) is 0 Å².